The summed E-state index contributed by atoms with van der Waals surface area (Å²) in [7, 11) is 0. The molecule has 2 saturated carbocycles. The first kappa shape index (κ1) is 14.9. The van der Waals surface area contributed by atoms with Crippen molar-refractivity contribution in [1.82, 2.24) is 4.90 Å². The van der Waals surface area contributed by atoms with Crippen molar-refractivity contribution in [3.63, 3.8) is 0 Å². The Bertz CT molecular complexity index is 465. The Morgan fingerprint density at radius 1 is 1.23 bits per heavy atom. The molecular weight excluding hydrogens is 278 g/mol. The van der Waals surface area contributed by atoms with Crippen molar-refractivity contribution in [2.45, 2.75) is 70.1 Å². The van der Waals surface area contributed by atoms with Gasteiger partial charge in [-0.15, -0.1) is 0 Å². The fraction of sp³-hybridized carbons (Fsp3) is 0.944. The van der Waals surface area contributed by atoms with Crippen molar-refractivity contribution in [2.75, 3.05) is 13.1 Å². The monoisotopic (exact) mass is 307 g/mol. The first-order chi connectivity index (χ1) is 10.5. The first-order valence-electron chi connectivity index (χ1n) is 9.14. The predicted octanol–water partition coefficient (Wildman–Crippen LogP) is 2.20. The van der Waals surface area contributed by atoms with Crippen LogP contribution in [0, 0.1) is 23.7 Å². The second-order valence-electron chi connectivity index (χ2n) is 8.20. The summed E-state index contributed by atoms with van der Waals surface area (Å²) in [5, 5.41) is 10.8. The summed E-state index contributed by atoms with van der Waals surface area (Å²) in [6.07, 6.45) is 6.61. The van der Waals surface area contributed by atoms with Crippen molar-refractivity contribution in [2.24, 2.45) is 23.7 Å². The standard InChI is InChI=1S/C18H29NO3/c1-11-10-18-14-5-3-7-19(18)8-4-6-15(18)16(21)9-13(14)17(11)22-12(2)20/h11,13-17,21H,3-10H2,1-2H3. The van der Waals surface area contributed by atoms with Crippen molar-refractivity contribution in [1.29, 1.82) is 0 Å². The minimum atomic E-state index is -0.215. The minimum absolute atomic E-state index is 0.00519. The molecule has 2 saturated heterocycles. The number of carbonyl (C=O) groups is 1. The van der Waals surface area contributed by atoms with Crippen LogP contribution in [-0.4, -0.2) is 46.8 Å². The number of nitrogens with zero attached hydrogens (tertiary/aromatic N) is 1. The molecule has 2 aliphatic heterocycles. The van der Waals surface area contributed by atoms with E-state index in [4.69, 9.17) is 4.74 Å². The summed E-state index contributed by atoms with van der Waals surface area (Å²) in [5.74, 6) is 1.62. The van der Waals surface area contributed by atoms with Gasteiger partial charge in [0.25, 0.3) is 0 Å². The first-order valence-corrected chi connectivity index (χ1v) is 9.14. The van der Waals surface area contributed by atoms with Crippen molar-refractivity contribution in [3.8, 4) is 0 Å². The van der Waals surface area contributed by atoms with E-state index in [1.54, 1.807) is 0 Å². The van der Waals surface area contributed by atoms with E-state index in [9.17, 15) is 9.90 Å². The van der Waals surface area contributed by atoms with Gasteiger partial charge in [-0.3, -0.25) is 9.69 Å². The van der Waals surface area contributed by atoms with Crippen LogP contribution in [-0.2, 0) is 9.53 Å². The van der Waals surface area contributed by atoms with Gasteiger partial charge in [-0.2, -0.15) is 0 Å². The molecule has 2 heterocycles. The van der Waals surface area contributed by atoms with E-state index in [-0.39, 0.29) is 23.7 Å². The lowest BCUT2D eigenvalue weighted by atomic mass is 9.47. The van der Waals surface area contributed by atoms with Crippen molar-refractivity contribution < 1.29 is 14.6 Å². The van der Waals surface area contributed by atoms with E-state index in [0.717, 1.165) is 12.8 Å². The molecule has 0 aromatic heterocycles. The predicted molar refractivity (Wildman–Crippen MR) is 83.2 cm³/mol. The Balaban J connectivity index is 1.74. The Kier molecular flexibility index (Phi) is 3.53. The molecule has 7 unspecified atom stereocenters. The summed E-state index contributed by atoms with van der Waals surface area (Å²) in [6, 6.07) is 0. The number of carbonyl (C=O) groups excluding carboxylic acids is 1. The molecule has 22 heavy (non-hydrogen) atoms. The quantitative estimate of drug-likeness (QED) is 0.755. The van der Waals surface area contributed by atoms with Gasteiger partial charge in [0.15, 0.2) is 0 Å². The van der Waals surface area contributed by atoms with Crippen LogP contribution in [0.5, 0.6) is 0 Å². The van der Waals surface area contributed by atoms with E-state index >= 15 is 0 Å². The highest BCUT2D eigenvalue weighted by molar-refractivity contribution is 5.66. The molecule has 0 aromatic rings. The van der Waals surface area contributed by atoms with Crippen LogP contribution in [0.1, 0.15) is 52.4 Å². The number of ether oxygens (including phenoxy) is 1. The van der Waals surface area contributed by atoms with Crippen LogP contribution in [0.25, 0.3) is 0 Å². The zero-order valence-corrected chi connectivity index (χ0v) is 13.8. The summed E-state index contributed by atoms with van der Waals surface area (Å²) in [6.45, 7) is 6.16. The lowest BCUT2D eigenvalue weighted by molar-refractivity contribution is -0.229. The van der Waals surface area contributed by atoms with Gasteiger partial charge in [-0.05, 0) is 63.5 Å². The maximum atomic E-state index is 11.6. The average Bonchev–Trinajstić information content (AvgIpc) is 2.47. The van der Waals surface area contributed by atoms with Crippen LogP contribution in [0.3, 0.4) is 0 Å². The lowest BCUT2D eigenvalue weighted by Gasteiger charge is -2.68. The summed E-state index contributed by atoms with van der Waals surface area (Å²) >= 11 is 0. The molecule has 4 nitrogen and oxygen atoms in total. The summed E-state index contributed by atoms with van der Waals surface area (Å²) in [4.78, 5) is 14.3. The van der Waals surface area contributed by atoms with Crippen LogP contribution in [0.15, 0.2) is 0 Å². The molecule has 1 spiro atoms. The van der Waals surface area contributed by atoms with Gasteiger partial charge in [0.1, 0.15) is 6.10 Å². The maximum absolute atomic E-state index is 11.6. The summed E-state index contributed by atoms with van der Waals surface area (Å²) < 4.78 is 5.74. The molecule has 0 radical (unpaired) electrons. The Morgan fingerprint density at radius 3 is 2.59 bits per heavy atom. The number of aliphatic hydroxyl groups is 1. The van der Waals surface area contributed by atoms with Gasteiger partial charge in [0, 0.05) is 24.3 Å². The number of piperidine rings is 2. The second-order valence-corrected chi connectivity index (χ2v) is 8.20. The largest absolute Gasteiger partial charge is 0.462 e. The van der Waals surface area contributed by atoms with E-state index in [1.807, 2.05) is 0 Å². The molecule has 4 heteroatoms. The molecule has 4 fully saturated rings. The molecule has 1 N–H and O–H groups in total. The lowest BCUT2D eigenvalue weighted by Crippen LogP contribution is -2.74. The molecule has 124 valence electrons. The van der Waals surface area contributed by atoms with E-state index < -0.39 is 0 Å². The second kappa shape index (κ2) is 5.20. The van der Waals surface area contributed by atoms with Gasteiger partial charge >= 0.3 is 5.97 Å². The Hall–Kier alpha value is -0.610. The van der Waals surface area contributed by atoms with Gasteiger partial charge in [0.05, 0.1) is 6.10 Å². The highest BCUT2D eigenvalue weighted by Gasteiger charge is 2.65. The molecule has 0 amide bonds. The minimum Gasteiger partial charge on any atom is -0.462 e. The van der Waals surface area contributed by atoms with Gasteiger partial charge in [-0.25, -0.2) is 0 Å². The molecular formula is C18H29NO3. The average molecular weight is 307 g/mol. The summed E-state index contributed by atoms with van der Waals surface area (Å²) in [5.41, 5.74) is 0.189. The molecule has 0 aromatic carbocycles. The van der Waals surface area contributed by atoms with E-state index in [0.29, 0.717) is 23.7 Å². The van der Waals surface area contributed by atoms with Gasteiger partial charge in [0.2, 0.25) is 0 Å². The third-order valence-corrected chi connectivity index (χ3v) is 7.19. The molecule has 2 aliphatic carbocycles. The van der Waals surface area contributed by atoms with Crippen LogP contribution in [0.2, 0.25) is 0 Å². The third-order valence-electron chi connectivity index (χ3n) is 7.19. The fourth-order valence-corrected chi connectivity index (χ4v) is 6.74. The number of rotatable bonds is 1. The fourth-order valence-electron chi connectivity index (χ4n) is 6.74. The van der Waals surface area contributed by atoms with E-state index in [2.05, 4.69) is 11.8 Å². The van der Waals surface area contributed by atoms with Gasteiger partial charge in [-0.1, -0.05) is 6.92 Å². The molecule has 4 rings (SSSR count). The zero-order valence-electron chi connectivity index (χ0n) is 13.8. The zero-order chi connectivity index (χ0) is 15.5. The number of esters is 1. The maximum Gasteiger partial charge on any atom is 0.302 e. The van der Waals surface area contributed by atoms with Crippen molar-refractivity contribution >= 4 is 5.97 Å². The third kappa shape index (κ3) is 1.92. The van der Waals surface area contributed by atoms with Gasteiger partial charge < -0.3 is 9.84 Å². The smallest absolute Gasteiger partial charge is 0.302 e. The molecule has 7 atom stereocenters. The number of aliphatic hydroxyl groups excluding tert-OH is 1. The van der Waals surface area contributed by atoms with Crippen LogP contribution >= 0.6 is 0 Å². The van der Waals surface area contributed by atoms with Crippen LogP contribution in [0.4, 0.5) is 0 Å². The normalized spacial score (nSPS) is 51.0. The Morgan fingerprint density at radius 2 is 1.91 bits per heavy atom. The SMILES string of the molecule is CC(=O)OC1C(C)CC23C4CCCN2CCCC3C1CC4O. The topological polar surface area (TPSA) is 49.8 Å². The van der Waals surface area contributed by atoms with E-state index in [1.165, 1.54) is 45.7 Å². The Labute approximate surface area is 133 Å². The number of hydrogen-bond acceptors (Lipinski definition) is 4. The van der Waals surface area contributed by atoms with Crippen molar-refractivity contribution in [3.05, 3.63) is 0 Å². The molecule has 2 bridgehead atoms. The number of hydrogen-bond donors (Lipinski definition) is 1. The highest BCUT2D eigenvalue weighted by Crippen LogP contribution is 2.60. The van der Waals surface area contributed by atoms with Crippen LogP contribution < -0.4 is 0 Å². The highest BCUT2D eigenvalue weighted by atomic mass is 16.5. The molecule has 4 aliphatic rings.